The number of nitrogens with zero attached hydrogens (tertiary/aromatic N) is 3. The summed E-state index contributed by atoms with van der Waals surface area (Å²) >= 11 is 0. The summed E-state index contributed by atoms with van der Waals surface area (Å²) in [5.74, 6) is 0.293. The quantitative estimate of drug-likeness (QED) is 0.755. The summed E-state index contributed by atoms with van der Waals surface area (Å²) in [6, 6.07) is 6.26. The van der Waals surface area contributed by atoms with Crippen LogP contribution in [0.1, 0.15) is 27.3 Å². The summed E-state index contributed by atoms with van der Waals surface area (Å²) in [6.07, 6.45) is 2.17. The van der Waals surface area contributed by atoms with Crippen molar-refractivity contribution in [1.29, 1.82) is 0 Å². The fourth-order valence-electron chi connectivity index (χ4n) is 3.49. The molecule has 2 aliphatic heterocycles. The second kappa shape index (κ2) is 8.68. The van der Waals surface area contributed by atoms with Crippen molar-refractivity contribution < 1.29 is 23.8 Å². The minimum absolute atomic E-state index is 0.0687. The monoisotopic (exact) mass is 428 g/mol. The number of hydrogen-bond acceptors (Lipinski definition) is 7. The van der Waals surface area contributed by atoms with Gasteiger partial charge in [0.15, 0.2) is 16.9 Å². The Bertz CT molecular complexity index is 1070. The van der Waals surface area contributed by atoms with Gasteiger partial charge in [-0.25, -0.2) is 0 Å². The molecule has 164 valence electrons. The minimum Gasteiger partial charge on any atom is -0.490 e. The van der Waals surface area contributed by atoms with Crippen LogP contribution in [0.15, 0.2) is 35.3 Å². The van der Waals surface area contributed by atoms with Gasteiger partial charge in [-0.2, -0.15) is 0 Å². The molecule has 0 saturated carbocycles. The average Bonchev–Trinajstić information content (AvgIpc) is 3.00. The molecule has 1 aromatic carbocycles. The maximum atomic E-state index is 12.8. The lowest BCUT2D eigenvalue weighted by Gasteiger charge is -2.37. The first-order chi connectivity index (χ1) is 15.0. The minimum atomic E-state index is -0.572. The molecule has 0 bridgehead atoms. The fraction of sp³-hybridized carbons (Fsp3) is 0.381. The Morgan fingerprint density at radius 1 is 1.16 bits per heavy atom. The Kier molecular flexibility index (Phi) is 5.81. The number of carbonyl (C=O) groups is 2. The highest BCUT2D eigenvalue weighted by molar-refractivity contribution is 6.04. The van der Waals surface area contributed by atoms with E-state index in [9.17, 15) is 14.4 Å². The second-order valence-corrected chi connectivity index (χ2v) is 7.31. The van der Waals surface area contributed by atoms with Crippen molar-refractivity contribution in [3.63, 3.8) is 0 Å². The van der Waals surface area contributed by atoms with E-state index < -0.39 is 11.3 Å². The zero-order valence-electron chi connectivity index (χ0n) is 17.4. The Hall–Kier alpha value is -3.53. The molecule has 0 fully saturated rings. The topological polar surface area (TPSA) is 102 Å². The molecule has 1 aromatic heterocycles. The van der Waals surface area contributed by atoms with Crippen LogP contribution in [0.25, 0.3) is 0 Å². The summed E-state index contributed by atoms with van der Waals surface area (Å²) in [5.41, 5.74) is 0.0720. The number of nitrogens with one attached hydrogen (secondary N) is 1. The molecule has 2 aliphatic rings. The van der Waals surface area contributed by atoms with E-state index in [2.05, 4.69) is 5.32 Å². The third-order valence-electron chi connectivity index (χ3n) is 5.10. The Morgan fingerprint density at radius 2 is 1.94 bits per heavy atom. The normalized spacial score (nSPS) is 15.4. The molecule has 1 N–H and O–H groups in total. The average molecular weight is 428 g/mol. The molecule has 0 aliphatic carbocycles. The molecule has 0 spiro atoms. The molecular weight excluding hydrogens is 404 g/mol. The molecule has 31 heavy (non-hydrogen) atoms. The van der Waals surface area contributed by atoms with Gasteiger partial charge < -0.3 is 24.4 Å². The summed E-state index contributed by atoms with van der Waals surface area (Å²) in [6.45, 7) is 2.19. The summed E-state index contributed by atoms with van der Waals surface area (Å²) in [4.78, 5) is 39.8. The molecule has 0 atom stereocenters. The van der Waals surface area contributed by atoms with Crippen LogP contribution >= 0.6 is 0 Å². The molecule has 10 nitrogen and oxygen atoms in total. The number of methoxy groups -OCH3 is 1. The van der Waals surface area contributed by atoms with Crippen LogP contribution < -0.4 is 25.2 Å². The van der Waals surface area contributed by atoms with Crippen molar-refractivity contribution in [1.82, 2.24) is 9.58 Å². The van der Waals surface area contributed by atoms with Crippen LogP contribution in [0.3, 0.4) is 0 Å². The Balaban J connectivity index is 1.58. The molecule has 0 unspecified atom stereocenters. The van der Waals surface area contributed by atoms with Gasteiger partial charge in [-0.3, -0.25) is 24.1 Å². The van der Waals surface area contributed by atoms with E-state index in [1.807, 2.05) is 0 Å². The number of hydrogen-bond donors (Lipinski definition) is 1. The third-order valence-corrected chi connectivity index (χ3v) is 5.10. The van der Waals surface area contributed by atoms with Gasteiger partial charge in [0.1, 0.15) is 17.9 Å². The molecular formula is C21H24N4O6. The summed E-state index contributed by atoms with van der Waals surface area (Å²) < 4.78 is 17.8. The van der Waals surface area contributed by atoms with Gasteiger partial charge in [-0.05, 0) is 12.1 Å². The second-order valence-electron chi connectivity index (χ2n) is 7.31. The third kappa shape index (κ3) is 4.19. The lowest BCUT2D eigenvalue weighted by molar-refractivity contribution is 0.0634. The van der Waals surface area contributed by atoms with E-state index in [1.165, 1.54) is 16.9 Å². The maximum absolute atomic E-state index is 12.8. The molecule has 0 saturated heterocycles. The zero-order chi connectivity index (χ0) is 22.0. The van der Waals surface area contributed by atoms with Crippen molar-refractivity contribution in [2.75, 3.05) is 57.5 Å². The van der Waals surface area contributed by atoms with Gasteiger partial charge >= 0.3 is 0 Å². The van der Waals surface area contributed by atoms with Crippen LogP contribution in [-0.2, 0) is 4.74 Å². The van der Waals surface area contributed by atoms with Crippen molar-refractivity contribution in [2.45, 2.75) is 6.42 Å². The number of pyridine rings is 1. The van der Waals surface area contributed by atoms with Gasteiger partial charge in [0.25, 0.3) is 11.8 Å². The van der Waals surface area contributed by atoms with Crippen LogP contribution in [0.4, 0.5) is 5.69 Å². The van der Waals surface area contributed by atoms with E-state index in [4.69, 9.17) is 14.2 Å². The molecule has 4 rings (SSSR count). The van der Waals surface area contributed by atoms with Crippen molar-refractivity contribution in [3.8, 4) is 11.5 Å². The lowest BCUT2D eigenvalue weighted by Crippen LogP contribution is -2.53. The first-order valence-corrected chi connectivity index (χ1v) is 9.95. The number of anilines is 1. The number of ether oxygens (including phenoxy) is 3. The van der Waals surface area contributed by atoms with Crippen molar-refractivity contribution in [2.24, 2.45) is 0 Å². The highest BCUT2D eigenvalue weighted by Gasteiger charge is 2.28. The predicted octanol–water partition coefficient (Wildman–Crippen LogP) is 0.889. The van der Waals surface area contributed by atoms with Crippen molar-refractivity contribution >= 4 is 17.5 Å². The smallest absolute Gasteiger partial charge is 0.274 e. The van der Waals surface area contributed by atoms with Gasteiger partial charge in [-0.15, -0.1) is 0 Å². The molecule has 0 radical (unpaired) electrons. The summed E-state index contributed by atoms with van der Waals surface area (Å²) in [7, 11) is 3.33. The van der Waals surface area contributed by atoms with Gasteiger partial charge in [0.2, 0.25) is 0 Å². The number of fused-ring (bicyclic) bond motifs is 2. The van der Waals surface area contributed by atoms with Gasteiger partial charge in [0.05, 0.1) is 19.8 Å². The Morgan fingerprint density at radius 3 is 2.71 bits per heavy atom. The van der Waals surface area contributed by atoms with Crippen LogP contribution in [0.2, 0.25) is 0 Å². The molecule has 3 heterocycles. The van der Waals surface area contributed by atoms with Crippen LogP contribution in [0, 0.1) is 0 Å². The first-order valence-electron chi connectivity index (χ1n) is 9.95. The maximum Gasteiger partial charge on any atom is 0.274 e. The predicted molar refractivity (Wildman–Crippen MR) is 113 cm³/mol. The van der Waals surface area contributed by atoms with Gasteiger partial charge in [0, 0.05) is 51.1 Å². The van der Waals surface area contributed by atoms with E-state index in [0.29, 0.717) is 50.2 Å². The highest BCUT2D eigenvalue weighted by Crippen LogP contribution is 2.32. The van der Waals surface area contributed by atoms with Crippen LogP contribution in [-0.4, -0.2) is 68.6 Å². The molecule has 2 aromatic rings. The van der Waals surface area contributed by atoms with E-state index in [1.54, 1.807) is 42.3 Å². The largest absolute Gasteiger partial charge is 0.490 e. The SMILES string of the molecule is COCCN1CN(C)n2cc(C(=O)Nc3ccc4c(c3)OCCCO4)c(=O)cc2C1=O. The number of amides is 2. The summed E-state index contributed by atoms with van der Waals surface area (Å²) in [5, 5.41) is 4.47. The van der Waals surface area contributed by atoms with Crippen LogP contribution in [0.5, 0.6) is 11.5 Å². The highest BCUT2D eigenvalue weighted by atomic mass is 16.5. The number of aromatic nitrogens is 1. The number of carbonyl (C=O) groups excluding carboxylic acids is 2. The van der Waals surface area contributed by atoms with E-state index >= 15 is 0 Å². The molecule has 2 amide bonds. The van der Waals surface area contributed by atoms with E-state index in [-0.39, 0.29) is 17.2 Å². The Labute approximate surface area is 178 Å². The van der Waals surface area contributed by atoms with E-state index in [0.717, 1.165) is 6.42 Å². The molecule has 10 heteroatoms. The lowest BCUT2D eigenvalue weighted by atomic mass is 10.2. The zero-order valence-corrected chi connectivity index (χ0v) is 17.4. The van der Waals surface area contributed by atoms with Crippen molar-refractivity contribution in [3.05, 3.63) is 51.9 Å². The standard InChI is InChI=1S/C21H24N4O6/c1-23-13-24(6-9-29-2)21(28)16-11-17(26)15(12-25(16)23)20(27)22-14-4-5-18-19(10-14)31-8-3-7-30-18/h4-5,10-12H,3,6-9,13H2,1-2H3,(H,22,27). The first kappa shape index (κ1) is 20.7. The fourth-order valence-corrected chi connectivity index (χ4v) is 3.49. The number of benzene rings is 1. The number of rotatable bonds is 5. The van der Waals surface area contributed by atoms with Gasteiger partial charge in [-0.1, -0.05) is 0 Å².